The summed E-state index contributed by atoms with van der Waals surface area (Å²) in [6.07, 6.45) is 1.45. The zero-order chi connectivity index (χ0) is 22.1. The van der Waals surface area contributed by atoms with Gasteiger partial charge in [0.15, 0.2) is 0 Å². The summed E-state index contributed by atoms with van der Waals surface area (Å²) in [6, 6.07) is 9.69. The third kappa shape index (κ3) is 5.18. The maximum atomic E-state index is 12.6. The second-order valence-corrected chi connectivity index (χ2v) is 9.76. The third-order valence-corrected chi connectivity index (χ3v) is 6.46. The first-order chi connectivity index (χ1) is 14.0. The van der Waals surface area contributed by atoms with Gasteiger partial charge in [0.05, 0.1) is 9.80 Å². The van der Waals surface area contributed by atoms with E-state index in [4.69, 9.17) is 29.0 Å². The van der Waals surface area contributed by atoms with Crippen molar-refractivity contribution >= 4 is 73.5 Å². The first kappa shape index (κ1) is 22.2. The maximum Gasteiger partial charge on any atom is 0.266 e. The Morgan fingerprint density at radius 3 is 2.57 bits per heavy atom. The highest BCUT2D eigenvalue weighted by atomic mass is 35.5. The lowest BCUT2D eigenvalue weighted by atomic mass is 10.2. The lowest BCUT2D eigenvalue weighted by Gasteiger charge is -2.14. The van der Waals surface area contributed by atoms with Crippen LogP contribution < -0.4 is 10.5 Å². The molecule has 0 spiro atoms. The number of phenols is 1. The van der Waals surface area contributed by atoms with E-state index in [1.807, 2.05) is 0 Å². The van der Waals surface area contributed by atoms with E-state index in [-0.39, 0.29) is 26.4 Å². The second-order valence-electron chi connectivity index (χ2n) is 6.09. The van der Waals surface area contributed by atoms with Crippen LogP contribution in [0.25, 0.3) is 6.08 Å². The van der Waals surface area contributed by atoms with Crippen LogP contribution in [0.4, 0.5) is 5.69 Å². The summed E-state index contributed by atoms with van der Waals surface area (Å²) in [4.78, 5) is 26.2. The molecule has 12 heteroatoms. The fourth-order valence-electron chi connectivity index (χ4n) is 2.49. The van der Waals surface area contributed by atoms with Gasteiger partial charge in [0, 0.05) is 16.3 Å². The molecule has 0 unspecified atom stereocenters. The van der Waals surface area contributed by atoms with E-state index in [1.54, 1.807) is 0 Å². The Morgan fingerprint density at radius 1 is 1.27 bits per heavy atom. The molecule has 3 rings (SSSR count). The molecule has 156 valence electrons. The number of benzene rings is 2. The van der Waals surface area contributed by atoms with Gasteiger partial charge in [-0.15, -0.1) is 0 Å². The zero-order valence-corrected chi connectivity index (χ0v) is 18.2. The largest absolute Gasteiger partial charge is 0.507 e. The number of hydrogen-bond acceptors (Lipinski definition) is 7. The molecule has 2 aromatic rings. The SMILES string of the molecule is NS(=O)(=O)c1ccc(NC(=O)CN2C(=O)/C(=C/c3cc(Cl)ccc3O)SC2=S)cc1. The van der Waals surface area contributed by atoms with Crippen LogP contribution in [0.2, 0.25) is 5.02 Å². The standard InChI is InChI=1S/C18H14ClN3O5S3/c19-11-1-6-14(23)10(7-11)8-15-17(25)22(18(28)29-15)9-16(24)21-12-2-4-13(5-3-12)30(20,26)27/h1-8,23H,9H2,(H,21,24)(H2,20,26,27)/b15-8-. The number of primary sulfonamides is 1. The van der Waals surface area contributed by atoms with E-state index < -0.39 is 21.8 Å². The summed E-state index contributed by atoms with van der Waals surface area (Å²) in [5.41, 5.74) is 0.680. The number of amides is 2. The van der Waals surface area contributed by atoms with Crippen molar-refractivity contribution in [2.45, 2.75) is 4.90 Å². The molecule has 1 saturated heterocycles. The molecule has 0 bridgehead atoms. The van der Waals surface area contributed by atoms with E-state index in [1.165, 1.54) is 48.5 Å². The van der Waals surface area contributed by atoms with Gasteiger partial charge >= 0.3 is 0 Å². The predicted octanol–water partition coefficient (Wildman–Crippen LogP) is 2.53. The highest BCUT2D eigenvalue weighted by Crippen LogP contribution is 2.34. The van der Waals surface area contributed by atoms with Gasteiger partial charge in [-0.3, -0.25) is 14.5 Å². The van der Waals surface area contributed by atoms with E-state index >= 15 is 0 Å². The van der Waals surface area contributed by atoms with Gasteiger partial charge in [0.2, 0.25) is 15.9 Å². The summed E-state index contributed by atoms with van der Waals surface area (Å²) in [5.74, 6) is -1.06. The average molecular weight is 484 g/mol. The smallest absolute Gasteiger partial charge is 0.266 e. The Bertz CT molecular complexity index is 1180. The monoisotopic (exact) mass is 483 g/mol. The molecular weight excluding hydrogens is 470 g/mol. The lowest BCUT2D eigenvalue weighted by molar-refractivity contribution is -0.126. The van der Waals surface area contributed by atoms with Crippen LogP contribution in [-0.4, -0.2) is 41.1 Å². The maximum absolute atomic E-state index is 12.6. The van der Waals surface area contributed by atoms with Crippen molar-refractivity contribution in [2.75, 3.05) is 11.9 Å². The number of halogens is 1. The van der Waals surface area contributed by atoms with Gasteiger partial charge in [-0.2, -0.15) is 0 Å². The molecule has 1 fully saturated rings. The summed E-state index contributed by atoms with van der Waals surface area (Å²) >= 11 is 12.1. The van der Waals surface area contributed by atoms with Crippen molar-refractivity contribution in [1.82, 2.24) is 4.90 Å². The van der Waals surface area contributed by atoms with Crippen molar-refractivity contribution < 1.29 is 23.1 Å². The van der Waals surface area contributed by atoms with Gasteiger partial charge in [-0.05, 0) is 48.5 Å². The normalized spacial score (nSPS) is 15.7. The van der Waals surface area contributed by atoms with Gasteiger partial charge in [-0.1, -0.05) is 35.6 Å². The number of nitrogens with zero attached hydrogens (tertiary/aromatic N) is 1. The molecule has 2 amide bonds. The molecule has 0 saturated carbocycles. The van der Waals surface area contributed by atoms with Crippen LogP contribution in [0.5, 0.6) is 5.75 Å². The van der Waals surface area contributed by atoms with Crippen molar-refractivity contribution in [3.05, 3.63) is 58.0 Å². The number of hydrogen-bond donors (Lipinski definition) is 3. The van der Waals surface area contributed by atoms with Crippen molar-refractivity contribution in [1.29, 1.82) is 0 Å². The number of anilines is 1. The van der Waals surface area contributed by atoms with Gasteiger partial charge in [0.25, 0.3) is 5.91 Å². The molecule has 0 atom stereocenters. The number of thiocarbonyl (C=S) groups is 1. The van der Waals surface area contributed by atoms with Gasteiger partial charge < -0.3 is 10.4 Å². The van der Waals surface area contributed by atoms with Crippen LogP contribution in [0.15, 0.2) is 52.3 Å². The van der Waals surface area contributed by atoms with Crippen LogP contribution in [0.1, 0.15) is 5.56 Å². The molecule has 30 heavy (non-hydrogen) atoms. The number of nitrogens with one attached hydrogen (secondary N) is 1. The minimum atomic E-state index is -3.84. The summed E-state index contributed by atoms with van der Waals surface area (Å²) in [6.45, 7) is -0.333. The molecule has 2 aromatic carbocycles. The van der Waals surface area contributed by atoms with Crippen LogP contribution >= 0.6 is 35.6 Å². The summed E-state index contributed by atoms with van der Waals surface area (Å²) in [5, 5.41) is 17.9. The number of aromatic hydroxyl groups is 1. The van der Waals surface area contributed by atoms with Crippen LogP contribution in [-0.2, 0) is 19.6 Å². The Kier molecular flexibility index (Phi) is 6.48. The van der Waals surface area contributed by atoms with E-state index in [2.05, 4.69) is 5.32 Å². The Hall–Kier alpha value is -2.44. The number of sulfonamides is 1. The Labute approximate surface area is 186 Å². The molecule has 0 radical (unpaired) electrons. The minimum Gasteiger partial charge on any atom is -0.507 e. The first-order valence-electron chi connectivity index (χ1n) is 8.21. The fraction of sp³-hybridized carbons (Fsp3) is 0.0556. The van der Waals surface area contributed by atoms with Gasteiger partial charge in [0.1, 0.15) is 16.6 Å². The number of carbonyl (C=O) groups excluding carboxylic acids is 2. The molecule has 1 heterocycles. The fourth-order valence-corrected chi connectivity index (χ4v) is 4.43. The van der Waals surface area contributed by atoms with Crippen LogP contribution in [0, 0.1) is 0 Å². The highest BCUT2D eigenvalue weighted by Gasteiger charge is 2.33. The van der Waals surface area contributed by atoms with Crippen LogP contribution in [0.3, 0.4) is 0 Å². The topological polar surface area (TPSA) is 130 Å². The van der Waals surface area contributed by atoms with Crippen molar-refractivity contribution in [2.24, 2.45) is 5.14 Å². The molecular formula is C18H14ClN3O5S3. The van der Waals surface area contributed by atoms with Crippen molar-refractivity contribution in [3.8, 4) is 5.75 Å². The molecule has 8 nitrogen and oxygen atoms in total. The molecule has 0 aliphatic carbocycles. The zero-order valence-electron chi connectivity index (χ0n) is 15.0. The second kappa shape index (κ2) is 8.74. The van der Waals surface area contributed by atoms with Gasteiger partial charge in [-0.25, -0.2) is 13.6 Å². The summed E-state index contributed by atoms with van der Waals surface area (Å²) < 4.78 is 22.7. The average Bonchev–Trinajstić information content (AvgIpc) is 2.92. The van der Waals surface area contributed by atoms with Crippen molar-refractivity contribution in [3.63, 3.8) is 0 Å². The van der Waals surface area contributed by atoms with E-state index in [9.17, 15) is 23.1 Å². The number of phenolic OH excluding ortho intramolecular Hbond substituents is 1. The third-order valence-electron chi connectivity index (χ3n) is 3.92. The Balaban J connectivity index is 1.70. The molecule has 0 aromatic heterocycles. The molecule has 1 aliphatic rings. The summed E-state index contributed by atoms with van der Waals surface area (Å²) in [7, 11) is -3.84. The molecule has 1 aliphatic heterocycles. The first-order valence-corrected chi connectivity index (χ1v) is 11.4. The number of thioether (sulfide) groups is 1. The number of carbonyl (C=O) groups is 2. The highest BCUT2D eigenvalue weighted by molar-refractivity contribution is 8.26. The predicted molar refractivity (Wildman–Crippen MR) is 119 cm³/mol. The minimum absolute atomic E-state index is 0.0506. The molecule has 4 N–H and O–H groups in total. The quantitative estimate of drug-likeness (QED) is 0.440. The number of nitrogens with two attached hydrogens (primary N) is 1. The lowest BCUT2D eigenvalue weighted by Crippen LogP contribution is -2.36. The number of rotatable bonds is 5. The van der Waals surface area contributed by atoms with E-state index in [0.717, 1.165) is 16.7 Å². The van der Waals surface area contributed by atoms with E-state index in [0.29, 0.717) is 16.3 Å². The Morgan fingerprint density at radius 2 is 1.93 bits per heavy atom.